The first-order valence-corrected chi connectivity index (χ1v) is 6.47. The highest BCUT2D eigenvalue weighted by Gasteiger charge is 2.34. The molecule has 2 rings (SSSR count). The van der Waals surface area contributed by atoms with Crippen LogP contribution in [0.2, 0.25) is 0 Å². The number of hydrogen-bond acceptors (Lipinski definition) is 4. The highest BCUT2D eigenvalue weighted by Crippen LogP contribution is 2.33. The summed E-state index contributed by atoms with van der Waals surface area (Å²) in [4.78, 5) is 10.6. The summed E-state index contributed by atoms with van der Waals surface area (Å²) in [5.74, 6) is 0.227. The Morgan fingerprint density at radius 3 is 2.80 bits per heavy atom. The van der Waals surface area contributed by atoms with Crippen LogP contribution in [0.15, 0.2) is 6.07 Å². The predicted octanol–water partition coefficient (Wildman–Crippen LogP) is 0.482. The molecule has 0 saturated carbocycles. The summed E-state index contributed by atoms with van der Waals surface area (Å²) < 4.78 is 24.7. The lowest BCUT2D eigenvalue weighted by atomic mass is 10.2. The molecule has 0 spiro atoms. The number of sulfone groups is 1. The van der Waals surface area contributed by atoms with Gasteiger partial charge in [0.25, 0.3) is 0 Å². The number of hydrogen-bond donors (Lipinski definition) is 0. The number of rotatable bonds is 2. The quantitative estimate of drug-likeness (QED) is 0.690. The van der Waals surface area contributed by atoms with Gasteiger partial charge in [-0.05, 0) is 18.9 Å². The Morgan fingerprint density at radius 1 is 1.60 bits per heavy atom. The van der Waals surface area contributed by atoms with Crippen molar-refractivity contribution in [2.24, 2.45) is 7.05 Å². The number of aromatic nitrogens is 2. The van der Waals surface area contributed by atoms with Gasteiger partial charge in [-0.1, -0.05) is 0 Å². The maximum absolute atomic E-state index is 11.6. The van der Waals surface area contributed by atoms with Crippen LogP contribution in [0.4, 0.5) is 0 Å². The molecule has 2 heterocycles. The normalized spacial score (nSPS) is 24.2. The predicted molar refractivity (Wildman–Crippen MR) is 54.4 cm³/mol. The standard InChI is InChI=1S/C9H12N2O3S/c1-11-7(6-12)5-8(10-11)9-3-2-4-15(9,13)14/h5-6,9H,2-4H2,1H3. The lowest BCUT2D eigenvalue weighted by molar-refractivity contribution is 0.111. The summed E-state index contributed by atoms with van der Waals surface area (Å²) in [7, 11) is -1.41. The van der Waals surface area contributed by atoms with Gasteiger partial charge in [0.05, 0.1) is 11.4 Å². The Balaban J connectivity index is 2.42. The van der Waals surface area contributed by atoms with Gasteiger partial charge in [0.1, 0.15) is 10.9 Å². The van der Waals surface area contributed by atoms with Crippen LogP contribution in [0.5, 0.6) is 0 Å². The minimum atomic E-state index is -3.04. The molecule has 0 N–H and O–H groups in total. The largest absolute Gasteiger partial charge is 0.296 e. The monoisotopic (exact) mass is 228 g/mol. The van der Waals surface area contributed by atoms with Gasteiger partial charge in [0.15, 0.2) is 16.1 Å². The number of carbonyl (C=O) groups excluding carboxylic acids is 1. The first-order chi connectivity index (χ1) is 7.04. The molecule has 1 aromatic heterocycles. The molecule has 0 aromatic carbocycles. The third-order valence-corrected chi connectivity index (χ3v) is 4.92. The Morgan fingerprint density at radius 2 is 2.33 bits per heavy atom. The van der Waals surface area contributed by atoms with Crippen molar-refractivity contribution in [2.75, 3.05) is 5.75 Å². The molecule has 82 valence electrons. The van der Waals surface area contributed by atoms with Crippen LogP contribution >= 0.6 is 0 Å². The minimum Gasteiger partial charge on any atom is -0.296 e. The van der Waals surface area contributed by atoms with Gasteiger partial charge in [-0.2, -0.15) is 5.10 Å². The lowest BCUT2D eigenvalue weighted by Gasteiger charge is -2.03. The molecule has 1 atom stereocenters. The lowest BCUT2D eigenvalue weighted by Crippen LogP contribution is -2.08. The molecule has 0 bridgehead atoms. The van der Waals surface area contributed by atoms with E-state index in [2.05, 4.69) is 5.10 Å². The average Bonchev–Trinajstić information content (AvgIpc) is 2.68. The molecule has 5 nitrogen and oxygen atoms in total. The highest BCUT2D eigenvalue weighted by atomic mass is 32.2. The van der Waals surface area contributed by atoms with Crippen molar-refractivity contribution in [1.29, 1.82) is 0 Å². The Labute approximate surface area is 88.0 Å². The van der Waals surface area contributed by atoms with Crippen LogP contribution in [0.1, 0.15) is 34.3 Å². The van der Waals surface area contributed by atoms with Crippen LogP contribution < -0.4 is 0 Å². The topological polar surface area (TPSA) is 69.0 Å². The van der Waals surface area contributed by atoms with E-state index in [1.807, 2.05) is 0 Å². The molecule has 15 heavy (non-hydrogen) atoms. The Kier molecular flexibility index (Phi) is 2.38. The van der Waals surface area contributed by atoms with E-state index in [4.69, 9.17) is 0 Å². The number of carbonyl (C=O) groups is 1. The number of aryl methyl sites for hydroxylation is 1. The van der Waals surface area contributed by atoms with E-state index in [1.165, 1.54) is 4.68 Å². The fourth-order valence-corrected chi connectivity index (χ4v) is 3.76. The second-order valence-corrected chi connectivity index (χ2v) is 6.04. The van der Waals surface area contributed by atoms with Crippen molar-refractivity contribution < 1.29 is 13.2 Å². The fourth-order valence-electron chi connectivity index (χ4n) is 1.90. The Bertz CT molecular complexity index is 489. The fraction of sp³-hybridized carbons (Fsp3) is 0.556. The third-order valence-electron chi connectivity index (χ3n) is 2.71. The van der Waals surface area contributed by atoms with E-state index in [1.54, 1.807) is 13.1 Å². The second-order valence-electron chi connectivity index (χ2n) is 3.73. The van der Waals surface area contributed by atoms with E-state index >= 15 is 0 Å². The number of nitrogens with zero attached hydrogens (tertiary/aromatic N) is 2. The van der Waals surface area contributed by atoms with Gasteiger partial charge in [-0.25, -0.2) is 8.42 Å². The van der Waals surface area contributed by atoms with E-state index in [0.29, 0.717) is 30.5 Å². The zero-order chi connectivity index (χ0) is 11.1. The van der Waals surface area contributed by atoms with Gasteiger partial charge in [-0.3, -0.25) is 9.48 Å². The molecule has 1 saturated heterocycles. The molecule has 1 aliphatic heterocycles. The molecule has 1 aromatic rings. The summed E-state index contributed by atoms with van der Waals surface area (Å²) in [6.07, 6.45) is 1.97. The van der Waals surface area contributed by atoms with E-state index in [9.17, 15) is 13.2 Å². The van der Waals surface area contributed by atoms with Crippen molar-refractivity contribution in [1.82, 2.24) is 9.78 Å². The molecular weight excluding hydrogens is 216 g/mol. The summed E-state index contributed by atoms with van der Waals surface area (Å²) in [5, 5.41) is 3.55. The van der Waals surface area contributed by atoms with Gasteiger partial charge in [0, 0.05) is 7.05 Å². The second kappa shape index (κ2) is 3.44. The minimum absolute atomic E-state index is 0.227. The zero-order valence-corrected chi connectivity index (χ0v) is 9.20. The molecule has 1 unspecified atom stereocenters. The summed E-state index contributed by atoms with van der Waals surface area (Å²) >= 11 is 0. The molecular formula is C9H12N2O3S. The van der Waals surface area contributed by atoms with Gasteiger partial charge in [0.2, 0.25) is 0 Å². The van der Waals surface area contributed by atoms with Crippen LogP contribution in [-0.4, -0.2) is 30.2 Å². The molecule has 0 aliphatic carbocycles. The van der Waals surface area contributed by atoms with E-state index in [-0.39, 0.29) is 5.75 Å². The van der Waals surface area contributed by atoms with E-state index in [0.717, 1.165) is 0 Å². The van der Waals surface area contributed by atoms with Gasteiger partial charge < -0.3 is 0 Å². The molecule has 1 fully saturated rings. The Hall–Kier alpha value is -1.17. The summed E-state index contributed by atoms with van der Waals surface area (Å²) in [5.41, 5.74) is 0.907. The molecule has 0 amide bonds. The SMILES string of the molecule is Cn1nc(C2CCCS2(=O)=O)cc1C=O. The first kappa shape index (κ1) is 10.4. The van der Waals surface area contributed by atoms with Crippen molar-refractivity contribution in [3.05, 3.63) is 17.5 Å². The van der Waals surface area contributed by atoms with Crippen molar-refractivity contribution >= 4 is 16.1 Å². The van der Waals surface area contributed by atoms with Gasteiger partial charge >= 0.3 is 0 Å². The maximum Gasteiger partial charge on any atom is 0.168 e. The van der Waals surface area contributed by atoms with Crippen molar-refractivity contribution in [3.63, 3.8) is 0 Å². The first-order valence-electron chi connectivity index (χ1n) is 4.75. The molecule has 6 heteroatoms. The van der Waals surface area contributed by atoms with E-state index < -0.39 is 15.1 Å². The van der Waals surface area contributed by atoms with Crippen LogP contribution in [0.25, 0.3) is 0 Å². The molecule has 0 radical (unpaired) electrons. The van der Waals surface area contributed by atoms with Crippen LogP contribution in [-0.2, 0) is 16.9 Å². The van der Waals surface area contributed by atoms with Crippen molar-refractivity contribution in [3.8, 4) is 0 Å². The third kappa shape index (κ3) is 1.69. The molecule has 1 aliphatic rings. The van der Waals surface area contributed by atoms with Crippen LogP contribution in [0.3, 0.4) is 0 Å². The van der Waals surface area contributed by atoms with Crippen LogP contribution in [0, 0.1) is 0 Å². The zero-order valence-electron chi connectivity index (χ0n) is 8.38. The van der Waals surface area contributed by atoms with Crippen molar-refractivity contribution in [2.45, 2.75) is 18.1 Å². The number of aldehydes is 1. The van der Waals surface area contributed by atoms with Gasteiger partial charge in [-0.15, -0.1) is 0 Å². The smallest absolute Gasteiger partial charge is 0.168 e. The maximum atomic E-state index is 11.6. The summed E-state index contributed by atoms with van der Waals surface area (Å²) in [6, 6.07) is 1.56. The summed E-state index contributed by atoms with van der Waals surface area (Å²) in [6.45, 7) is 0. The highest BCUT2D eigenvalue weighted by molar-refractivity contribution is 7.91. The average molecular weight is 228 g/mol.